The summed E-state index contributed by atoms with van der Waals surface area (Å²) in [6.45, 7) is 8.26. The molecule has 1 N–H and O–H groups in total. The van der Waals surface area contributed by atoms with E-state index in [4.69, 9.17) is 0 Å². The number of alkyl halides is 1. The van der Waals surface area contributed by atoms with Gasteiger partial charge >= 0.3 is 0 Å². The molecule has 2 heterocycles. The smallest absolute Gasteiger partial charge is 0.195 e. The number of nitrogens with one attached hydrogen (secondary N) is 1. The number of Topliss-reactive ketones (excluding diaryl/α,β-unsaturated/α-hetero) is 1. The number of halogens is 1. The van der Waals surface area contributed by atoms with Crippen LogP contribution in [0.25, 0.3) is 0 Å². The normalized spacial score (nSPS) is 25.8. The summed E-state index contributed by atoms with van der Waals surface area (Å²) < 4.78 is 1.90. The summed E-state index contributed by atoms with van der Waals surface area (Å²) in [6.07, 6.45) is 4.96. The highest BCUT2D eigenvalue weighted by atomic mass is 79.9. The lowest BCUT2D eigenvalue weighted by atomic mass is 9.67. The Morgan fingerprint density at radius 3 is 2.65 bits per heavy atom. The maximum absolute atomic E-state index is 12.9. The predicted octanol–water partition coefficient (Wildman–Crippen LogP) is 2.51. The van der Waals surface area contributed by atoms with E-state index in [0.717, 1.165) is 43.6 Å². The van der Waals surface area contributed by atoms with E-state index in [2.05, 4.69) is 47.1 Å². The number of rotatable bonds is 0. The van der Waals surface area contributed by atoms with Crippen molar-refractivity contribution in [2.45, 2.75) is 50.4 Å². The second kappa shape index (κ2) is 4.67. The Morgan fingerprint density at radius 1 is 1.40 bits per heavy atom. The largest absolute Gasteiger partial charge is 0.317 e. The minimum Gasteiger partial charge on any atom is -0.317 e. The monoisotopic (exact) mass is 339 g/mol. The second-order valence-electron chi connectivity index (χ2n) is 7.12. The first kappa shape index (κ1) is 14.3. The van der Waals surface area contributed by atoms with Crippen LogP contribution in [0.2, 0.25) is 0 Å². The number of hydrogen-bond acceptors (Lipinski definition) is 3. The maximum atomic E-state index is 12.9. The third kappa shape index (κ3) is 2.06. The highest BCUT2D eigenvalue weighted by Gasteiger charge is 2.48. The van der Waals surface area contributed by atoms with Gasteiger partial charge in [0.2, 0.25) is 0 Å². The van der Waals surface area contributed by atoms with Gasteiger partial charge in [0, 0.05) is 5.56 Å². The quantitative estimate of drug-likeness (QED) is 0.739. The van der Waals surface area contributed by atoms with Gasteiger partial charge in [0.15, 0.2) is 5.78 Å². The summed E-state index contributed by atoms with van der Waals surface area (Å²) in [4.78, 5) is 12.8. The van der Waals surface area contributed by atoms with E-state index < -0.39 is 0 Å². The van der Waals surface area contributed by atoms with Crippen LogP contribution in [-0.4, -0.2) is 33.5 Å². The molecule has 1 unspecified atom stereocenters. The van der Waals surface area contributed by atoms with E-state index in [1.807, 2.05) is 10.9 Å². The third-order valence-electron chi connectivity index (χ3n) is 4.62. The lowest BCUT2D eigenvalue weighted by Gasteiger charge is -2.43. The van der Waals surface area contributed by atoms with Gasteiger partial charge in [0.1, 0.15) is 5.69 Å². The molecule has 1 aromatic heterocycles. The Bertz CT molecular complexity index is 538. The van der Waals surface area contributed by atoms with E-state index in [1.165, 1.54) is 0 Å². The molecular formula is C15H22BrN3O. The molecule has 1 aliphatic heterocycles. The fourth-order valence-electron chi connectivity index (χ4n) is 3.50. The molecule has 3 rings (SSSR count). The summed E-state index contributed by atoms with van der Waals surface area (Å²) in [6, 6.07) is 0. The standard InChI is InChI=1S/C15H22BrN3O/c1-14(2,3)19-11-10(9-18-19)8-15(13(16)12(11)20)4-6-17-7-5-15/h9,13,17H,4-8H2,1-3H3. The molecule has 0 saturated carbocycles. The zero-order valence-electron chi connectivity index (χ0n) is 12.4. The first-order valence-corrected chi connectivity index (χ1v) is 8.23. The van der Waals surface area contributed by atoms with Gasteiger partial charge in [-0.15, -0.1) is 0 Å². The van der Waals surface area contributed by atoms with E-state index in [1.54, 1.807) is 0 Å². The molecule has 1 fully saturated rings. The molecule has 2 aliphatic rings. The lowest BCUT2D eigenvalue weighted by molar-refractivity contribution is 0.0843. The van der Waals surface area contributed by atoms with E-state index >= 15 is 0 Å². The zero-order chi connectivity index (χ0) is 14.5. The predicted molar refractivity (Wildman–Crippen MR) is 82.5 cm³/mol. The number of carbonyl (C=O) groups is 1. The SMILES string of the molecule is CC(C)(C)n1ncc2c1C(=O)C(Br)C1(CCNCC1)C2. The molecular weight excluding hydrogens is 318 g/mol. The molecule has 4 nitrogen and oxygen atoms in total. The number of fused-ring (bicyclic) bond motifs is 1. The van der Waals surface area contributed by atoms with Crippen molar-refractivity contribution >= 4 is 21.7 Å². The van der Waals surface area contributed by atoms with Crippen molar-refractivity contribution in [1.82, 2.24) is 15.1 Å². The molecule has 1 atom stereocenters. The van der Waals surface area contributed by atoms with Crippen LogP contribution in [0.4, 0.5) is 0 Å². The average molecular weight is 340 g/mol. The van der Waals surface area contributed by atoms with Crippen molar-refractivity contribution in [2.75, 3.05) is 13.1 Å². The summed E-state index contributed by atoms with van der Waals surface area (Å²) >= 11 is 3.71. The molecule has 0 amide bonds. The summed E-state index contributed by atoms with van der Waals surface area (Å²) in [5.74, 6) is 0.209. The van der Waals surface area contributed by atoms with Crippen molar-refractivity contribution in [3.63, 3.8) is 0 Å². The van der Waals surface area contributed by atoms with Crippen LogP contribution in [0, 0.1) is 5.41 Å². The van der Waals surface area contributed by atoms with Crippen LogP contribution in [0.15, 0.2) is 6.20 Å². The lowest BCUT2D eigenvalue weighted by Crippen LogP contribution is -2.50. The van der Waals surface area contributed by atoms with E-state index in [9.17, 15) is 4.79 Å². The van der Waals surface area contributed by atoms with Crippen molar-refractivity contribution in [3.05, 3.63) is 17.5 Å². The van der Waals surface area contributed by atoms with Gasteiger partial charge in [-0.1, -0.05) is 15.9 Å². The number of hydrogen-bond donors (Lipinski definition) is 1. The number of nitrogens with zero attached hydrogens (tertiary/aromatic N) is 2. The summed E-state index contributed by atoms with van der Waals surface area (Å²) in [7, 11) is 0. The molecule has 0 aromatic carbocycles. The topological polar surface area (TPSA) is 46.9 Å². The minimum atomic E-state index is -0.158. The molecule has 1 aromatic rings. The van der Waals surface area contributed by atoms with Crippen molar-refractivity contribution in [3.8, 4) is 0 Å². The molecule has 1 saturated heterocycles. The summed E-state index contributed by atoms with van der Waals surface area (Å²) in [5, 5.41) is 7.88. The van der Waals surface area contributed by atoms with Crippen molar-refractivity contribution in [2.24, 2.45) is 5.41 Å². The Kier molecular flexibility index (Phi) is 3.33. The van der Waals surface area contributed by atoms with Crippen LogP contribution in [0.1, 0.15) is 49.7 Å². The van der Waals surface area contributed by atoms with Crippen LogP contribution in [0.3, 0.4) is 0 Å². The van der Waals surface area contributed by atoms with Crippen molar-refractivity contribution < 1.29 is 4.79 Å². The number of carbonyl (C=O) groups excluding carboxylic acids is 1. The van der Waals surface area contributed by atoms with E-state index in [-0.39, 0.29) is 21.6 Å². The van der Waals surface area contributed by atoms with Crippen LogP contribution < -0.4 is 5.32 Å². The highest BCUT2D eigenvalue weighted by molar-refractivity contribution is 9.10. The Hall–Kier alpha value is -0.680. The van der Waals surface area contributed by atoms with Crippen LogP contribution in [-0.2, 0) is 12.0 Å². The van der Waals surface area contributed by atoms with Crippen LogP contribution >= 0.6 is 15.9 Å². The molecule has 1 spiro atoms. The Morgan fingerprint density at radius 2 is 2.05 bits per heavy atom. The summed E-state index contributed by atoms with van der Waals surface area (Å²) in [5.41, 5.74) is 1.85. The van der Waals surface area contributed by atoms with E-state index in [0.29, 0.717) is 0 Å². The van der Waals surface area contributed by atoms with Gasteiger partial charge < -0.3 is 5.32 Å². The minimum absolute atomic E-state index is 0.0705. The van der Waals surface area contributed by atoms with Gasteiger partial charge in [0.05, 0.1) is 16.6 Å². The average Bonchev–Trinajstić information content (AvgIpc) is 2.81. The van der Waals surface area contributed by atoms with Crippen molar-refractivity contribution in [1.29, 1.82) is 0 Å². The van der Waals surface area contributed by atoms with Gasteiger partial charge in [-0.05, 0) is 58.5 Å². The molecule has 5 heteroatoms. The number of ketones is 1. The fourth-order valence-corrected chi connectivity index (χ4v) is 4.34. The van der Waals surface area contributed by atoms with Gasteiger partial charge in [-0.3, -0.25) is 9.48 Å². The molecule has 110 valence electrons. The zero-order valence-corrected chi connectivity index (χ0v) is 14.0. The Labute approximate surface area is 128 Å². The van der Waals surface area contributed by atoms with Gasteiger partial charge in [-0.2, -0.15) is 5.10 Å². The first-order chi connectivity index (χ1) is 9.35. The highest BCUT2D eigenvalue weighted by Crippen LogP contribution is 2.46. The maximum Gasteiger partial charge on any atom is 0.195 e. The Balaban J connectivity index is 2.05. The van der Waals surface area contributed by atoms with Gasteiger partial charge in [0.25, 0.3) is 0 Å². The molecule has 0 bridgehead atoms. The molecule has 0 radical (unpaired) electrons. The fraction of sp³-hybridized carbons (Fsp3) is 0.733. The number of piperidine rings is 1. The number of aromatic nitrogens is 2. The third-order valence-corrected chi connectivity index (χ3v) is 6.01. The second-order valence-corrected chi connectivity index (χ2v) is 8.03. The molecule has 1 aliphatic carbocycles. The van der Waals surface area contributed by atoms with Crippen LogP contribution in [0.5, 0.6) is 0 Å². The molecule has 20 heavy (non-hydrogen) atoms. The first-order valence-electron chi connectivity index (χ1n) is 7.32. The van der Waals surface area contributed by atoms with Gasteiger partial charge in [-0.25, -0.2) is 0 Å².